The van der Waals surface area contributed by atoms with Crippen molar-refractivity contribution < 1.29 is 4.79 Å². The van der Waals surface area contributed by atoms with Crippen LogP contribution in [-0.4, -0.2) is 28.7 Å². The lowest BCUT2D eigenvalue weighted by Crippen LogP contribution is -2.52. The van der Waals surface area contributed by atoms with Crippen LogP contribution in [0.15, 0.2) is 0 Å². The van der Waals surface area contributed by atoms with E-state index in [1.165, 1.54) is 0 Å². The zero-order valence-corrected chi connectivity index (χ0v) is 6.46. The fourth-order valence-corrected chi connectivity index (χ4v) is 1.58. The number of rotatable bonds is 2. The number of hydrogen-bond acceptors (Lipinski definition) is 2. The molecule has 4 heteroatoms. The molecule has 1 aliphatic rings. The minimum Gasteiger partial charge on any atom is -0.353 e. The molecule has 1 amide bonds. The number of hydrogen-bond donors (Lipinski definition) is 1. The molecule has 1 heterocycles. The summed E-state index contributed by atoms with van der Waals surface area (Å²) in [5.74, 6) is 0. The van der Waals surface area contributed by atoms with Gasteiger partial charge in [-0.25, -0.2) is 3.11 Å². The van der Waals surface area contributed by atoms with E-state index in [9.17, 15) is 4.79 Å². The van der Waals surface area contributed by atoms with E-state index in [1.54, 1.807) is 0 Å². The number of carbonyl (C=O) groups excluding carboxylic acids is 1. The maximum Gasteiger partial charge on any atom is 0.207 e. The van der Waals surface area contributed by atoms with Gasteiger partial charge in [0.15, 0.2) is 0 Å². The van der Waals surface area contributed by atoms with Gasteiger partial charge in [0, 0.05) is 36.0 Å². The van der Waals surface area contributed by atoms with Gasteiger partial charge in [-0.1, -0.05) is 0 Å². The predicted molar refractivity (Wildman–Crippen MR) is 38.6 cm³/mol. The van der Waals surface area contributed by atoms with Crippen molar-refractivity contribution >= 4 is 29.3 Å². The summed E-state index contributed by atoms with van der Waals surface area (Å²) < 4.78 is 2.12. The van der Waals surface area contributed by atoms with Crippen molar-refractivity contribution in [1.82, 2.24) is 8.43 Å². The first-order valence-electron chi connectivity index (χ1n) is 2.43. The number of nitrogens with zero attached hydrogens (tertiary/aromatic N) is 1. The quantitative estimate of drug-likeness (QED) is 0.400. The van der Waals surface area contributed by atoms with Gasteiger partial charge in [0.1, 0.15) is 0 Å². The van der Waals surface area contributed by atoms with Crippen LogP contribution in [0.3, 0.4) is 0 Å². The Kier molecular flexibility index (Phi) is 2.07. The minimum atomic E-state index is 0.407. The van der Waals surface area contributed by atoms with Crippen LogP contribution in [0.2, 0.25) is 0 Å². The lowest BCUT2D eigenvalue weighted by Gasteiger charge is -2.33. The first kappa shape index (κ1) is 6.28. The highest BCUT2D eigenvalue weighted by molar-refractivity contribution is 14.1. The van der Waals surface area contributed by atoms with Crippen molar-refractivity contribution in [3.8, 4) is 0 Å². The van der Waals surface area contributed by atoms with Crippen molar-refractivity contribution in [1.29, 1.82) is 0 Å². The largest absolute Gasteiger partial charge is 0.353 e. The van der Waals surface area contributed by atoms with Crippen molar-refractivity contribution in [2.45, 2.75) is 6.04 Å². The summed E-state index contributed by atoms with van der Waals surface area (Å²) in [6.07, 6.45) is 0.758. The van der Waals surface area contributed by atoms with Gasteiger partial charge in [-0.05, 0) is 0 Å². The van der Waals surface area contributed by atoms with Crippen molar-refractivity contribution in [2.24, 2.45) is 0 Å². The zero-order valence-electron chi connectivity index (χ0n) is 4.30. The minimum absolute atomic E-state index is 0.407. The molecule has 0 aliphatic carbocycles. The number of halogens is 1. The standard InChI is InChI=1S/C4H7IN2O/c5-7-1-4(2-7)6-3-8/h3-4H,1-2H2,(H,6,8). The topological polar surface area (TPSA) is 32.3 Å². The summed E-state index contributed by atoms with van der Waals surface area (Å²) >= 11 is 2.23. The van der Waals surface area contributed by atoms with Crippen LogP contribution in [0.1, 0.15) is 0 Å². The zero-order chi connectivity index (χ0) is 5.98. The highest BCUT2D eigenvalue weighted by atomic mass is 127. The highest BCUT2D eigenvalue weighted by Crippen LogP contribution is 2.11. The van der Waals surface area contributed by atoms with E-state index < -0.39 is 0 Å². The van der Waals surface area contributed by atoms with E-state index in [4.69, 9.17) is 0 Å². The lowest BCUT2D eigenvalue weighted by atomic mass is 10.2. The first-order chi connectivity index (χ1) is 3.83. The average Bonchev–Trinajstić information content (AvgIpc) is 1.64. The Hall–Kier alpha value is 0.160. The molecule has 0 aromatic heterocycles. The van der Waals surface area contributed by atoms with Crippen LogP contribution in [0, 0.1) is 0 Å². The van der Waals surface area contributed by atoms with Crippen LogP contribution < -0.4 is 5.32 Å². The van der Waals surface area contributed by atoms with Gasteiger partial charge >= 0.3 is 0 Å². The Morgan fingerprint density at radius 1 is 1.75 bits per heavy atom. The van der Waals surface area contributed by atoms with Gasteiger partial charge in [-0.2, -0.15) is 0 Å². The Labute approximate surface area is 61.9 Å². The molecule has 46 valence electrons. The average molecular weight is 226 g/mol. The monoisotopic (exact) mass is 226 g/mol. The molecular weight excluding hydrogens is 219 g/mol. The molecule has 0 aromatic rings. The summed E-state index contributed by atoms with van der Waals surface area (Å²) in [7, 11) is 0. The summed E-state index contributed by atoms with van der Waals surface area (Å²) in [4.78, 5) is 9.78. The van der Waals surface area contributed by atoms with Crippen molar-refractivity contribution in [3.05, 3.63) is 0 Å². The summed E-state index contributed by atoms with van der Waals surface area (Å²) in [5, 5.41) is 2.69. The number of nitrogens with one attached hydrogen (secondary N) is 1. The van der Waals surface area contributed by atoms with E-state index >= 15 is 0 Å². The fourth-order valence-electron chi connectivity index (χ4n) is 0.626. The van der Waals surface area contributed by atoms with Crippen LogP contribution in [0.25, 0.3) is 0 Å². The number of carbonyl (C=O) groups is 1. The molecule has 1 N–H and O–H groups in total. The van der Waals surface area contributed by atoms with Crippen LogP contribution in [-0.2, 0) is 4.79 Å². The van der Waals surface area contributed by atoms with E-state index in [0.717, 1.165) is 19.5 Å². The third kappa shape index (κ3) is 1.32. The molecule has 0 radical (unpaired) electrons. The van der Waals surface area contributed by atoms with Gasteiger partial charge in [-0.15, -0.1) is 0 Å². The first-order valence-corrected chi connectivity index (χ1v) is 3.40. The molecule has 0 saturated carbocycles. The van der Waals surface area contributed by atoms with E-state index in [2.05, 4.69) is 31.3 Å². The molecule has 0 atom stereocenters. The molecule has 1 fully saturated rings. The lowest BCUT2D eigenvalue weighted by molar-refractivity contribution is -0.110. The van der Waals surface area contributed by atoms with Gasteiger partial charge < -0.3 is 5.32 Å². The van der Waals surface area contributed by atoms with Gasteiger partial charge in [-0.3, -0.25) is 4.79 Å². The van der Waals surface area contributed by atoms with Crippen LogP contribution in [0.5, 0.6) is 0 Å². The molecule has 3 nitrogen and oxygen atoms in total. The molecular formula is C4H7IN2O. The highest BCUT2D eigenvalue weighted by Gasteiger charge is 2.22. The fraction of sp³-hybridized carbons (Fsp3) is 0.750. The molecule has 1 aliphatic heterocycles. The van der Waals surface area contributed by atoms with Gasteiger partial charge in [0.05, 0.1) is 6.04 Å². The summed E-state index contributed by atoms with van der Waals surface area (Å²) in [5.41, 5.74) is 0. The van der Waals surface area contributed by atoms with Crippen LogP contribution in [0.4, 0.5) is 0 Å². The third-order valence-electron chi connectivity index (χ3n) is 1.14. The van der Waals surface area contributed by atoms with E-state index in [-0.39, 0.29) is 0 Å². The molecule has 1 rings (SSSR count). The Morgan fingerprint density at radius 2 is 2.38 bits per heavy atom. The van der Waals surface area contributed by atoms with E-state index in [0.29, 0.717) is 6.04 Å². The maximum atomic E-state index is 9.78. The molecule has 0 aromatic carbocycles. The second kappa shape index (κ2) is 2.63. The van der Waals surface area contributed by atoms with Crippen LogP contribution >= 0.6 is 22.9 Å². The molecule has 8 heavy (non-hydrogen) atoms. The molecule has 1 saturated heterocycles. The third-order valence-corrected chi connectivity index (χ3v) is 1.93. The maximum absolute atomic E-state index is 9.78. The normalized spacial score (nSPS) is 22.1. The second-order valence-electron chi connectivity index (χ2n) is 1.81. The Balaban J connectivity index is 2.06. The second-order valence-corrected chi connectivity index (χ2v) is 3.17. The Bertz CT molecular complexity index is 92.0. The Morgan fingerprint density at radius 3 is 2.75 bits per heavy atom. The summed E-state index contributed by atoms with van der Waals surface area (Å²) in [6.45, 7) is 1.97. The number of amides is 1. The SMILES string of the molecule is O=CNC1CN(I)C1. The molecule has 0 spiro atoms. The predicted octanol–water partition coefficient (Wildman–Crippen LogP) is -0.233. The smallest absolute Gasteiger partial charge is 0.207 e. The molecule has 0 bridgehead atoms. The van der Waals surface area contributed by atoms with Gasteiger partial charge in [0.25, 0.3) is 0 Å². The van der Waals surface area contributed by atoms with E-state index in [1.807, 2.05) is 0 Å². The van der Waals surface area contributed by atoms with Crippen molar-refractivity contribution in [2.75, 3.05) is 13.1 Å². The molecule has 0 unspecified atom stereocenters. The van der Waals surface area contributed by atoms with Crippen molar-refractivity contribution in [3.63, 3.8) is 0 Å². The van der Waals surface area contributed by atoms with Gasteiger partial charge in [0.2, 0.25) is 6.41 Å². The summed E-state index contributed by atoms with van der Waals surface area (Å²) in [6, 6.07) is 0.407.